The maximum Gasteiger partial charge on any atom is 0.415 e. The SMILES string of the molecule is CC(C)Oc1cc([C@H](Cc2c(Cl)cncc2Cl)OC(=O)c2cccc(CN(C(=O)O[C@H]3CN4CCC3CC4)c3ccccc3F)c2)ccc1OC(F)F. The molecule has 3 aliphatic heterocycles. The zero-order valence-electron chi connectivity index (χ0n) is 29.0. The lowest BCUT2D eigenvalue weighted by molar-refractivity contribution is -0.0519. The van der Waals surface area contributed by atoms with Crippen molar-refractivity contribution in [2.45, 2.75) is 64.6 Å². The summed E-state index contributed by atoms with van der Waals surface area (Å²) in [5.74, 6) is -1.27. The molecule has 2 atom stereocenters. The van der Waals surface area contributed by atoms with Gasteiger partial charge < -0.3 is 18.9 Å². The number of aromatic nitrogens is 1. The van der Waals surface area contributed by atoms with Gasteiger partial charge >= 0.3 is 18.7 Å². The summed E-state index contributed by atoms with van der Waals surface area (Å²) in [5.41, 5.74) is 1.51. The molecule has 3 saturated heterocycles. The summed E-state index contributed by atoms with van der Waals surface area (Å²) < 4.78 is 64.1. The first-order valence-corrected chi connectivity index (χ1v) is 18.0. The summed E-state index contributed by atoms with van der Waals surface area (Å²) in [6.45, 7) is 2.82. The van der Waals surface area contributed by atoms with Crippen LogP contribution >= 0.6 is 23.2 Å². The highest BCUT2D eigenvalue weighted by atomic mass is 35.5. The molecule has 3 aromatic carbocycles. The Kier molecular flexibility index (Phi) is 12.3. The Balaban J connectivity index is 1.27. The van der Waals surface area contributed by atoms with Crippen LogP contribution in [0.5, 0.6) is 11.5 Å². The van der Waals surface area contributed by atoms with Crippen LogP contribution in [-0.2, 0) is 22.4 Å². The van der Waals surface area contributed by atoms with Crippen molar-refractivity contribution >= 4 is 41.0 Å². The van der Waals surface area contributed by atoms with E-state index in [1.165, 1.54) is 53.7 Å². The molecule has 1 amide bonds. The number of alkyl halides is 2. The summed E-state index contributed by atoms with van der Waals surface area (Å²) in [5, 5.41) is 0.463. The third kappa shape index (κ3) is 9.54. The van der Waals surface area contributed by atoms with Gasteiger partial charge in [0.15, 0.2) is 11.5 Å². The van der Waals surface area contributed by atoms with E-state index in [1.54, 1.807) is 44.2 Å². The topological polar surface area (TPSA) is 90.4 Å². The minimum absolute atomic E-state index is 0.00568. The number of carbonyl (C=O) groups is 2. The van der Waals surface area contributed by atoms with Crippen molar-refractivity contribution in [3.8, 4) is 11.5 Å². The molecule has 14 heteroatoms. The van der Waals surface area contributed by atoms with E-state index in [9.17, 15) is 18.4 Å². The fraction of sp³-hybridized carbons (Fsp3) is 0.359. The van der Waals surface area contributed by atoms with Crippen molar-refractivity contribution in [1.82, 2.24) is 9.88 Å². The van der Waals surface area contributed by atoms with E-state index in [0.29, 0.717) is 23.2 Å². The van der Waals surface area contributed by atoms with Gasteiger partial charge in [-0.1, -0.05) is 53.5 Å². The fourth-order valence-electron chi connectivity index (χ4n) is 6.64. The quantitative estimate of drug-likeness (QED) is 0.124. The molecule has 7 rings (SSSR count). The number of ether oxygens (including phenoxy) is 4. The molecule has 0 saturated carbocycles. The van der Waals surface area contributed by atoms with Gasteiger partial charge in [-0.05, 0) is 98.8 Å². The average molecular weight is 773 g/mol. The molecule has 4 heterocycles. The van der Waals surface area contributed by atoms with Gasteiger partial charge in [0.25, 0.3) is 0 Å². The van der Waals surface area contributed by atoms with E-state index in [2.05, 4.69) is 14.6 Å². The van der Waals surface area contributed by atoms with E-state index in [4.69, 9.17) is 37.4 Å². The van der Waals surface area contributed by atoms with Gasteiger partial charge in [0.1, 0.15) is 18.0 Å². The minimum Gasteiger partial charge on any atom is -0.487 e. The number of amides is 1. The van der Waals surface area contributed by atoms with Crippen molar-refractivity contribution in [3.05, 3.63) is 117 Å². The highest BCUT2D eigenvalue weighted by molar-refractivity contribution is 6.35. The molecule has 53 heavy (non-hydrogen) atoms. The third-order valence-electron chi connectivity index (χ3n) is 9.22. The number of anilines is 1. The van der Waals surface area contributed by atoms with Crippen LogP contribution in [0.2, 0.25) is 10.0 Å². The normalized spacial score (nSPS) is 18.5. The Labute approximate surface area is 315 Å². The van der Waals surface area contributed by atoms with Crippen molar-refractivity contribution < 1.29 is 41.7 Å². The van der Waals surface area contributed by atoms with Gasteiger partial charge in [0, 0.05) is 25.4 Å². The number of rotatable bonds is 13. The standard InChI is InChI=1S/C39H38Cl2F3N3O6/c1-23(2)50-35-17-26(10-11-33(35)52-38(43)44)34(18-28-29(40)19-45-20-30(28)41)51-37(48)27-7-5-6-24(16-27)21-47(32-9-4-3-8-31(32)42)39(49)53-36-22-46-14-12-25(36)13-15-46/h3-11,16-17,19-20,23,25,34,36,38H,12-15,18,21-22H2,1-2H3/t34-,36-/m0/s1. The van der Waals surface area contributed by atoms with Crippen LogP contribution in [0.15, 0.2) is 79.1 Å². The zero-order valence-corrected chi connectivity index (χ0v) is 30.5. The smallest absolute Gasteiger partial charge is 0.415 e. The summed E-state index contributed by atoms with van der Waals surface area (Å²) in [4.78, 5) is 35.1. The highest BCUT2D eigenvalue weighted by Crippen LogP contribution is 2.37. The van der Waals surface area contributed by atoms with Crippen molar-refractivity contribution in [2.24, 2.45) is 5.92 Å². The Morgan fingerprint density at radius 3 is 2.34 bits per heavy atom. The van der Waals surface area contributed by atoms with E-state index in [1.807, 2.05) is 0 Å². The van der Waals surface area contributed by atoms with Crippen molar-refractivity contribution in [2.75, 3.05) is 24.5 Å². The molecule has 0 spiro atoms. The number of hydrogen-bond acceptors (Lipinski definition) is 8. The maximum atomic E-state index is 15.2. The second-order valence-electron chi connectivity index (χ2n) is 13.2. The Bertz CT molecular complexity index is 1910. The van der Waals surface area contributed by atoms with Gasteiger partial charge in [0.05, 0.1) is 33.9 Å². The molecule has 0 radical (unpaired) electrons. The lowest BCUT2D eigenvalue weighted by Crippen LogP contribution is -2.53. The lowest BCUT2D eigenvalue weighted by Gasteiger charge is -2.44. The van der Waals surface area contributed by atoms with Crippen LogP contribution in [-0.4, -0.2) is 60.4 Å². The molecule has 3 fully saturated rings. The maximum absolute atomic E-state index is 15.2. The van der Waals surface area contributed by atoms with Crippen LogP contribution in [0, 0.1) is 11.7 Å². The number of nitrogens with zero attached hydrogens (tertiary/aromatic N) is 3. The van der Waals surface area contributed by atoms with Gasteiger partial charge in [-0.2, -0.15) is 8.78 Å². The number of carbonyl (C=O) groups excluding carboxylic acids is 2. The number of fused-ring (bicyclic) bond motifs is 3. The second-order valence-corrected chi connectivity index (χ2v) is 14.0. The van der Waals surface area contributed by atoms with Crippen molar-refractivity contribution in [1.29, 1.82) is 0 Å². The monoisotopic (exact) mass is 771 g/mol. The van der Waals surface area contributed by atoms with Gasteiger partial charge in [-0.15, -0.1) is 0 Å². The number of benzene rings is 3. The second kappa shape index (κ2) is 17.1. The molecule has 0 aliphatic carbocycles. The van der Waals surface area contributed by atoms with Crippen LogP contribution < -0.4 is 14.4 Å². The fourth-order valence-corrected chi connectivity index (χ4v) is 7.16. The molecule has 9 nitrogen and oxygen atoms in total. The molecule has 0 N–H and O–H groups in total. The first kappa shape index (κ1) is 38.2. The number of para-hydroxylation sites is 1. The number of pyridine rings is 1. The number of esters is 1. The van der Waals surface area contributed by atoms with Gasteiger partial charge in [-0.25, -0.2) is 14.0 Å². The number of halogens is 5. The molecule has 280 valence electrons. The highest BCUT2D eigenvalue weighted by Gasteiger charge is 2.38. The molecule has 4 aromatic rings. The van der Waals surface area contributed by atoms with Crippen molar-refractivity contribution in [3.63, 3.8) is 0 Å². The lowest BCUT2D eigenvalue weighted by atomic mass is 9.86. The van der Waals surface area contributed by atoms with Crippen LogP contribution in [0.25, 0.3) is 0 Å². The third-order valence-corrected chi connectivity index (χ3v) is 9.88. The number of piperidine rings is 3. The van der Waals surface area contributed by atoms with E-state index in [-0.39, 0.29) is 57.8 Å². The predicted octanol–water partition coefficient (Wildman–Crippen LogP) is 9.29. The van der Waals surface area contributed by atoms with Crippen LogP contribution in [0.1, 0.15) is 59.8 Å². The molecule has 0 unspecified atom stereocenters. The Morgan fingerprint density at radius 1 is 0.943 bits per heavy atom. The van der Waals surface area contributed by atoms with Crippen LogP contribution in [0.3, 0.4) is 0 Å². The van der Waals surface area contributed by atoms with Gasteiger partial charge in [0.2, 0.25) is 0 Å². The summed E-state index contributed by atoms with van der Waals surface area (Å²) in [7, 11) is 0. The van der Waals surface area contributed by atoms with Crippen LogP contribution in [0.4, 0.5) is 23.7 Å². The Hall–Kier alpha value is -4.52. The number of hydrogen-bond donors (Lipinski definition) is 0. The molecular formula is C39H38Cl2F3N3O6. The predicted molar refractivity (Wildman–Crippen MR) is 193 cm³/mol. The average Bonchev–Trinajstić information content (AvgIpc) is 3.13. The summed E-state index contributed by atoms with van der Waals surface area (Å²) in [6.07, 6.45) is 2.24. The minimum atomic E-state index is -3.10. The first-order valence-electron chi connectivity index (χ1n) is 17.2. The van der Waals surface area contributed by atoms with E-state index >= 15 is 4.39 Å². The summed E-state index contributed by atoms with van der Waals surface area (Å²) in [6, 6.07) is 16.6. The molecule has 3 aliphatic rings. The Morgan fingerprint density at radius 2 is 1.68 bits per heavy atom. The van der Waals surface area contributed by atoms with E-state index in [0.717, 1.165) is 25.9 Å². The zero-order chi connectivity index (χ0) is 37.6. The molecule has 2 bridgehead atoms. The van der Waals surface area contributed by atoms with Gasteiger partial charge in [-0.3, -0.25) is 14.8 Å². The summed E-state index contributed by atoms with van der Waals surface area (Å²) >= 11 is 12.9. The molecule has 1 aromatic heterocycles. The first-order chi connectivity index (χ1) is 25.4. The largest absolute Gasteiger partial charge is 0.487 e. The molecular weight excluding hydrogens is 734 g/mol. The van der Waals surface area contributed by atoms with E-state index < -0.39 is 36.7 Å².